The number of benzene rings is 1. The summed E-state index contributed by atoms with van der Waals surface area (Å²) in [5.41, 5.74) is 1.29. The molecule has 0 radical (unpaired) electrons. The maximum Gasteiger partial charge on any atom is 0.433 e. The van der Waals surface area contributed by atoms with Crippen molar-refractivity contribution in [2.75, 3.05) is 0 Å². The molecule has 0 saturated carbocycles. The van der Waals surface area contributed by atoms with Crippen molar-refractivity contribution in [3.63, 3.8) is 0 Å². The van der Waals surface area contributed by atoms with E-state index in [4.69, 9.17) is 0 Å². The molecule has 9 heteroatoms. The van der Waals surface area contributed by atoms with Gasteiger partial charge in [-0.1, -0.05) is 38.1 Å². The highest BCUT2D eigenvalue weighted by atomic mass is 19.4. The minimum Gasteiger partial charge on any atom is -0.232 e. The van der Waals surface area contributed by atoms with Gasteiger partial charge in [-0.25, -0.2) is 14.2 Å². The molecule has 0 unspecified atom stereocenters. The second-order valence-electron chi connectivity index (χ2n) is 7.04. The third kappa shape index (κ3) is 2.51. The summed E-state index contributed by atoms with van der Waals surface area (Å²) >= 11 is 0. The van der Waals surface area contributed by atoms with Gasteiger partial charge in [0, 0.05) is 5.41 Å². The lowest BCUT2D eigenvalue weighted by atomic mass is 9.91. The van der Waals surface area contributed by atoms with E-state index in [9.17, 15) is 13.2 Å². The molecule has 0 spiro atoms. The van der Waals surface area contributed by atoms with Gasteiger partial charge in [-0.3, -0.25) is 0 Å². The lowest BCUT2D eigenvalue weighted by molar-refractivity contribution is -0.141. The van der Waals surface area contributed by atoms with Gasteiger partial charge in [0.2, 0.25) is 0 Å². The quantitative estimate of drug-likeness (QED) is 0.518. The molecule has 26 heavy (non-hydrogen) atoms. The number of nitrogens with zero attached hydrogens (tertiary/aromatic N) is 6. The van der Waals surface area contributed by atoms with Gasteiger partial charge in [0.1, 0.15) is 23.2 Å². The summed E-state index contributed by atoms with van der Waals surface area (Å²) in [7, 11) is 0. The van der Waals surface area contributed by atoms with E-state index < -0.39 is 17.3 Å². The van der Waals surface area contributed by atoms with Crippen molar-refractivity contribution in [3.05, 3.63) is 48.0 Å². The van der Waals surface area contributed by atoms with Gasteiger partial charge < -0.3 is 0 Å². The van der Waals surface area contributed by atoms with Crippen molar-refractivity contribution < 1.29 is 13.2 Å². The Labute approximate surface area is 146 Å². The Bertz CT molecular complexity index is 1120. The molecule has 0 fully saturated rings. The number of para-hydroxylation sites is 1. The number of rotatable bonds is 1. The van der Waals surface area contributed by atoms with Gasteiger partial charge in [-0.05, 0) is 18.2 Å². The topological polar surface area (TPSA) is 60.9 Å². The van der Waals surface area contributed by atoms with Gasteiger partial charge in [0.25, 0.3) is 0 Å². The van der Waals surface area contributed by atoms with Crippen LogP contribution in [0.15, 0.2) is 36.7 Å². The molecule has 0 aliphatic rings. The SMILES string of the molecule is CC(C)(C)c1nn2cnc(C(F)(F)F)cc2c1-n1nnc2ccccc21. The summed E-state index contributed by atoms with van der Waals surface area (Å²) in [5.74, 6) is 0. The molecule has 3 aromatic heterocycles. The zero-order chi connectivity index (χ0) is 18.7. The highest BCUT2D eigenvalue weighted by molar-refractivity contribution is 5.80. The summed E-state index contributed by atoms with van der Waals surface area (Å²) < 4.78 is 42.4. The molecule has 0 aliphatic carbocycles. The number of hydrogen-bond acceptors (Lipinski definition) is 4. The second-order valence-corrected chi connectivity index (χ2v) is 7.04. The molecule has 0 amide bonds. The Kier molecular flexibility index (Phi) is 3.34. The first kappa shape index (κ1) is 16.5. The van der Waals surface area contributed by atoms with E-state index in [0.29, 0.717) is 22.4 Å². The molecule has 0 N–H and O–H groups in total. The predicted molar refractivity (Wildman–Crippen MR) is 89.1 cm³/mol. The van der Waals surface area contributed by atoms with Gasteiger partial charge in [0.15, 0.2) is 0 Å². The van der Waals surface area contributed by atoms with Gasteiger partial charge in [0.05, 0.1) is 16.7 Å². The molecule has 1 aromatic carbocycles. The standard InChI is InChI=1S/C17H15F3N6/c1-16(2,3)15-14(26-11-7-5-4-6-10(11)22-24-26)12-8-13(17(18,19)20)21-9-25(12)23-15/h4-9H,1-3H3. The summed E-state index contributed by atoms with van der Waals surface area (Å²) in [5, 5.41) is 12.7. The van der Waals surface area contributed by atoms with Crippen LogP contribution in [0.25, 0.3) is 22.2 Å². The summed E-state index contributed by atoms with van der Waals surface area (Å²) in [4.78, 5) is 3.49. The van der Waals surface area contributed by atoms with E-state index in [-0.39, 0.29) is 5.52 Å². The first-order valence-electron chi connectivity index (χ1n) is 7.93. The minimum atomic E-state index is -4.55. The van der Waals surface area contributed by atoms with E-state index in [1.54, 1.807) is 10.7 Å². The smallest absolute Gasteiger partial charge is 0.232 e. The summed E-state index contributed by atoms with van der Waals surface area (Å²) in [6.45, 7) is 5.82. The monoisotopic (exact) mass is 360 g/mol. The van der Waals surface area contributed by atoms with Crippen molar-refractivity contribution in [1.29, 1.82) is 0 Å². The molecule has 6 nitrogen and oxygen atoms in total. The fraction of sp³-hybridized carbons (Fsp3) is 0.294. The van der Waals surface area contributed by atoms with Crippen LogP contribution in [-0.2, 0) is 11.6 Å². The van der Waals surface area contributed by atoms with Gasteiger partial charge >= 0.3 is 6.18 Å². The lowest BCUT2D eigenvalue weighted by Crippen LogP contribution is -2.15. The number of fused-ring (bicyclic) bond motifs is 2. The maximum absolute atomic E-state index is 13.2. The first-order chi connectivity index (χ1) is 12.2. The van der Waals surface area contributed by atoms with Crippen LogP contribution in [0.5, 0.6) is 0 Å². The fourth-order valence-electron chi connectivity index (χ4n) is 2.85. The lowest BCUT2D eigenvalue weighted by Gasteiger charge is -2.17. The van der Waals surface area contributed by atoms with Crippen molar-refractivity contribution in [2.24, 2.45) is 0 Å². The van der Waals surface area contributed by atoms with Crippen LogP contribution in [0, 0.1) is 0 Å². The Morgan fingerprint density at radius 2 is 1.73 bits per heavy atom. The zero-order valence-corrected chi connectivity index (χ0v) is 14.3. The summed E-state index contributed by atoms with van der Waals surface area (Å²) in [6, 6.07) is 8.26. The molecule has 0 saturated heterocycles. The molecular weight excluding hydrogens is 345 g/mol. The molecule has 0 aliphatic heterocycles. The molecule has 4 aromatic rings. The molecule has 4 rings (SSSR count). The normalized spacial score (nSPS) is 13.0. The highest BCUT2D eigenvalue weighted by Crippen LogP contribution is 2.34. The van der Waals surface area contributed by atoms with Crippen LogP contribution >= 0.6 is 0 Å². The first-order valence-corrected chi connectivity index (χ1v) is 7.93. The van der Waals surface area contributed by atoms with E-state index in [1.807, 2.05) is 39.0 Å². The molecule has 0 bridgehead atoms. The van der Waals surface area contributed by atoms with E-state index >= 15 is 0 Å². The number of hydrogen-bond donors (Lipinski definition) is 0. The van der Waals surface area contributed by atoms with Crippen LogP contribution in [-0.4, -0.2) is 29.6 Å². The number of aromatic nitrogens is 6. The average Bonchev–Trinajstić information content (AvgIpc) is 3.13. The van der Waals surface area contributed by atoms with Crippen molar-refractivity contribution in [3.8, 4) is 5.69 Å². The number of halogens is 3. The highest BCUT2D eigenvalue weighted by Gasteiger charge is 2.34. The third-order valence-corrected chi connectivity index (χ3v) is 4.07. The van der Waals surface area contributed by atoms with Crippen LogP contribution < -0.4 is 0 Å². The molecule has 0 atom stereocenters. The summed E-state index contributed by atoms with van der Waals surface area (Å²) in [6.07, 6.45) is -3.47. The van der Waals surface area contributed by atoms with Gasteiger partial charge in [-0.2, -0.15) is 18.3 Å². The van der Waals surface area contributed by atoms with E-state index in [0.717, 1.165) is 12.4 Å². The van der Waals surface area contributed by atoms with Crippen LogP contribution in [0.1, 0.15) is 32.2 Å². The van der Waals surface area contributed by atoms with Crippen LogP contribution in [0.3, 0.4) is 0 Å². The average molecular weight is 360 g/mol. The Morgan fingerprint density at radius 1 is 1.00 bits per heavy atom. The number of alkyl halides is 3. The second kappa shape index (κ2) is 5.26. The minimum absolute atomic E-state index is 0.271. The van der Waals surface area contributed by atoms with Crippen LogP contribution in [0.4, 0.5) is 13.2 Å². The fourth-order valence-corrected chi connectivity index (χ4v) is 2.85. The van der Waals surface area contributed by atoms with Crippen molar-refractivity contribution in [2.45, 2.75) is 32.4 Å². The zero-order valence-electron chi connectivity index (χ0n) is 14.3. The Balaban J connectivity index is 2.11. The van der Waals surface area contributed by atoms with E-state index in [2.05, 4.69) is 20.4 Å². The van der Waals surface area contributed by atoms with Gasteiger partial charge in [-0.15, -0.1) is 5.10 Å². The van der Waals surface area contributed by atoms with Crippen LogP contribution in [0.2, 0.25) is 0 Å². The third-order valence-electron chi connectivity index (χ3n) is 4.07. The Morgan fingerprint density at radius 3 is 2.42 bits per heavy atom. The predicted octanol–water partition coefficient (Wildman–Crippen LogP) is 3.78. The molecular formula is C17H15F3N6. The molecule has 3 heterocycles. The Hall–Kier alpha value is -2.97. The van der Waals surface area contributed by atoms with E-state index in [1.165, 1.54) is 4.52 Å². The maximum atomic E-state index is 13.2. The molecule has 134 valence electrons. The van der Waals surface area contributed by atoms with Crippen molar-refractivity contribution in [1.82, 2.24) is 29.6 Å². The largest absolute Gasteiger partial charge is 0.433 e. The van der Waals surface area contributed by atoms with Crippen molar-refractivity contribution >= 4 is 16.6 Å².